The Kier molecular flexibility index (Phi) is 8.73. The number of hydrogen-bond acceptors (Lipinski definition) is 4. The summed E-state index contributed by atoms with van der Waals surface area (Å²) >= 11 is 0. The molecule has 1 aliphatic heterocycles. The second-order valence-electron chi connectivity index (χ2n) is 10.6. The number of nitrogens with one attached hydrogen (secondary N) is 1. The zero-order valence-corrected chi connectivity index (χ0v) is 25.0. The normalized spacial score (nSPS) is 14.5. The van der Waals surface area contributed by atoms with Crippen molar-refractivity contribution in [1.82, 2.24) is 9.80 Å². The molecule has 1 N–H and O–H groups in total. The molecule has 0 aliphatic carbocycles. The first kappa shape index (κ1) is 31.1. The van der Waals surface area contributed by atoms with Crippen molar-refractivity contribution in [3.63, 3.8) is 0 Å². The first-order valence-corrected chi connectivity index (χ1v) is 15.1. The Hall–Kier alpha value is -3.86. The molecule has 0 unspecified atom stereocenters. The summed E-state index contributed by atoms with van der Waals surface area (Å²) in [6.45, 7) is 10.1. The minimum Gasteiger partial charge on any atom is -0.337 e. The number of benzene rings is 3. The molecule has 4 rings (SSSR count). The van der Waals surface area contributed by atoms with Crippen LogP contribution in [0.3, 0.4) is 0 Å². The van der Waals surface area contributed by atoms with Crippen molar-refractivity contribution < 1.29 is 31.2 Å². The first-order valence-electron chi connectivity index (χ1n) is 13.6. The third-order valence-corrected chi connectivity index (χ3v) is 9.77. The highest BCUT2D eigenvalue weighted by molar-refractivity contribution is 7.92. The molecule has 0 atom stereocenters. The van der Waals surface area contributed by atoms with Crippen molar-refractivity contribution in [1.29, 1.82) is 0 Å². The highest BCUT2D eigenvalue weighted by Gasteiger charge is 2.36. The lowest BCUT2D eigenvalue weighted by molar-refractivity contribution is -0.138. The van der Waals surface area contributed by atoms with Gasteiger partial charge in [0.2, 0.25) is 0 Å². The van der Waals surface area contributed by atoms with Crippen LogP contribution in [0.5, 0.6) is 0 Å². The van der Waals surface area contributed by atoms with Crippen molar-refractivity contribution in [2.75, 3.05) is 30.9 Å². The molecule has 11 heteroatoms. The van der Waals surface area contributed by atoms with Crippen molar-refractivity contribution in [3.8, 4) is 0 Å². The molecule has 42 heavy (non-hydrogen) atoms. The summed E-state index contributed by atoms with van der Waals surface area (Å²) in [6.07, 6.45) is -4.26. The number of carbonyl (C=O) groups excluding carboxylic acids is 2. The quantitative estimate of drug-likeness (QED) is 0.387. The minimum absolute atomic E-state index is 0.0860. The van der Waals surface area contributed by atoms with Crippen LogP contribution in [-0.2, 0) is 16.2 Å². The standard InChI is InChI=1S/C31H34F3N3O4S/c1-19-20(2)22(4)28(23(5)21(19)3)42(40,41)35-25-13-11-24(12-14-25)29(38)36-15-8-16-37(18-17-36)30(39)26-9-6-7-10-27(26)31(32,33)34/h6-7,9-14,35H,8,15-18H2,1-5H3. The molecule has 3 aromatic rings. The fourth-order valence-electron chi connectivity index (χ4n) is 5.35. The number of amides is 2. The van der Waals surface area contributed by atoms with Gasteiger partial charge in [-0.1, -0.05) is 12.1 Å². The first-order chi connectivity index (χ1) is 19.6. The van der Waals surface area contributed by atoms with E-state index in [1.54, 1.807) is 18.7 Å². The van der Waals surface area contributed by atoms with Crippen molar-refractivity contribution in [3.05, 3.63) is 93.0 Å². The van der Waals surface area contributed by atoms with E-state index in [2.05, 4.69) is 4.72 Å². The van der Waals surface area contributed by atoms with E-state index in [-0.39, 0.29) is 30.4 Å². The van der Waals surface area contributed by atoms with Crippen LogP contribution in [0.2, 0.25) is 0 Å². The molecule has 1 fully saturated rings. The Bertz CT molecular complexity index is 1610. The molecular weight excluding hydrogens is 567 g/mol. The van der Waals surface area contributed by atoms with Gasteiger partial charge in [0.15, 0.2) is 0 Å². The summed E-state index contributed by atoms with van der Waals surface area (Å²) in [7, 11) is -3.90. The van der Waals surface area contributed by atoms with Gasteiger partial charge >= 0.3 is 6.18 Å². The maximum absolute atomic E-state index is 13.4. The SMILES string of the molecule is Cc1c(C)c(C)c(S(=O)(=O)Nc2ccc(C(=O)N3CCCN(C(=O)c4ccccc4C(F)(F)F)CC3)cc2)c(C)c1C. The number of anilines is 1. The fourth-order valence-corrected chi connectivity index (χ4v) is 7.01. The smallest absolute Gasteiger partial charge is 0.337 e. The second kappa shape index (κ2) is 11.8. The predicted molar refractivity (Wildman–Crippen MR) is 155 cm³/mol. The number of alkyl halides is 3. The minimum atomic E-state index is -4.66. The highest BCUT2D eigenvalue weighted by atomic mass is 32.2. The summed E-state index contributed by atoms with van der Waals surface area (Å²) in [5.41, 5.74) is 3.50. The molecule has 1 heterocycles. The lowest BCUT2D eigenvalue weighted by Gasteiger charge is -2.23. The second-order valence-corrected chi connectivity index (χ2v) is 12.2. The molecule has 0 radical (unpaired) electrons. The van der Waals surface area contributed by atoms with E-state index in [1.165, 1.54) is 47.4 Å². The number of halogens is 3. The third kappa shape index (κ3) is 6.16. The zero-order chi connectivity index (χ0) is 31.0. The van der Waals surface area contributed by atoms with E-state index in [0.29, 0.717) is 35.3 Å². The van der Waals surface area contributed by atoms with Crippen LogP contribution in [0, 0.1) is 34.6 Å². The fraction of sp³-hybridized carbons (Fsp3) is 0.355. The Balaban J connectivity index is 1.46. The van der Waals surface area contributed by atoms with Gasteiger partial charge in [-0.2, -0.15) is 13.2 Å². The number of nitrogens with zero attached hydrogens (tertiary/aromatic N) is 2. The molecule has 224 valence electrons. The maximum atomic E-state index is 13.4. The van der Waals surface area contributed by atoms with Gasteiger partial charge in [-0.3, -0.25) is 14.3 Å². The van der Waals surface area contributed by atoms with Gasteiger partial charge in [0.25, 0.3) is 21.8 Å². The van der Waals surface area contributed by atoms with Crippen molar-refractivity contribution in [2.24, 2.45) is 0 Å². The van der Waals surface area contributed by atoms with Gasteiger partial charge in [0, 0.05) is 37.4 Å². The average Bonchev–Trinajstić information content (AvgIpc) is 3.20. The molecule has 0 saturated carbocycles. The van der Waals surface area contributed by atoms with E-state index in [1.807, 2.05) is 20.8 Å². The molecule has 2 amide bonds. The van der Waals surface area contributed by atoms with Crippen LogP contribution in [0.25, 0.3) is 0 Å². The van der Waals surface area contributed by atoms with E-state index in [4.69, 9.17) is 0 Å². The molecule has 7 nitrogen and oxygen atoms in total. The summed E-state index contributed by atoms with van der Waals surface area (Å²) < 4.78 is 69.6. The number of carbonyl (C=O) groups is 2. The van der Waals surface area contributed by atoms with Crippen LogP contribution >= 0.6 is 0 Å². The highest BCUT2D eigenvalue weighted by Crippen LogP contribution is 2.33. The number of hydrogen-bond donors (Lipinski definition) is 1. The number of sulfonamides is 1. The van der Waals surface area contributed by atoms with E-state index >= 15 is 0 Å². The lowest BCUT2D eigenvalue weighted by Crippen LogP contribution is -2.38. The molecule has 0 aromatic heterocycles. The van der Waals surface area contributed by atoms with Crippen molar-refractivity contribution >= 4 is 27.5 Å². The summed E-state index contributed by atoms with van der Waals surface area (Å²) in [6, 6.07) is 10.8. The van der Waals surface area contributed by atoms with Gasteiger partial charge in [0.1, 0.15) is 0 Å². The Morgan fingerprint density at radius 1 is 0.714 bits per heavy atom. The molecular formula is C31H34F3N3O4S. The monoisotopic (exact) mass is 601 g/mol. The van der Waals surface area contributed by atoms with Crippen LogP contribution in [-0.4, -0.2) is 56.2 Å². The largest absolute Gasteiger partial charge is 0.417 e. The van der Waals surface area contributed by atoms with E-state index in [9.17, 15) is 31.2 Å². The zero-order valence-electron chi connectivity index (χ0n) is 24.2. The van der Waals surface area contributed by atoms with Crippen LogP contribution in [0.15, 0.2) is 53.4 Å². The molecule has 0 bridgehead atoms. The summed E-state index contributed by atoms with van der Waals surface area (Å²) in [5.74, 6) is -1.04. The molecule has 1 aliphatic rings. The van der Waals surface area contributed by atoms with Gasteiger partial charge < -0.3 is 9.80 Å². The molecule has 1 saturated heterocycles. The number of rotatable bonds is 5. The predicted octanol–water partition coefficient (Wildman–Crippen LogP) is 6.04. The topological polar surface area (TPSA) is 86.8 Å². The van der Waals surface area contributed by atoms with Crippen LogP contribution in [0.1, 0.15) is 60.5 Å². The molecule has 0 spiro atoms. The van der Waals surface area contributed by atoms with E-state index in [0.717, 1.165) is 22.8 Å². The van der Waals surface area contributed by atoms with Crippen LogP contribution in [0.4, 0.5) is 18.9 Å². The third-order valence-electron chi connectivity index (χ3n) is 8.12. The van der Waals surface area contributed by atoms with Crippen molar-refractivity contribution in [2.45, 2.75) is 52.1 Å². The Labute approximate surface area is 244 Å². The van der Waals surface area contributed by atoms with E-state index < -0.39 is 33.2 Å². The lowest BCUT2D eigenvalue weighted by atomic mass is 9.95. The van der Waals surface area contributed by atoms with Gasteiger partial charge in [-0.05, 0) is 105 Å². The molecule has 3 aromatic carbocycles. The Morgan fingerprint density at radius 2 is 1.21 bits per heavy atom. The Morgan fingerprint density at radius 3 is 1.76 bits per heavy atom. The van der Waals surface area contributed by atoms with Gasteiger partial charge in [-0.25, -0.2) is 8.42 Å². The van der Waals surface area contributed by atoms with Gasteiger partial charge in [-0.15, -0.1) is 0 Å². The van der Waals surface area contributed by atoms with Gasteiger partial charge in [0.05, 0.1) is 16.0 Å². The average molecular weight is 602 g/mol. The summed E-state index contributed by atoms with van der Waals surface area (Å²) in [4.78, 5) is 29.3. The van der Waals surface area contributed by atoms with Crippen LogP contribution < -0.4 is 4.72 Å². The summed E-state index contributed by atoms with van der Waals surface area (Å²) in [5, 5.41) is 0. The maximum Gasteiger partial charge on any atom is 0.417 e.